The van der Waals surface area contributed by atoms with E-state index in [9.17, 15) is 13.2 Å². The Hall–Kier alpha value is -2.35. The van der Waals surface area contributed by atoms with E-state index in [4.69, 9.17) is 5.11 Å². The lowest BCUT2D eigenvalue weighted by atomic mass is 10.1. The molecule has 0 amide bonds. The summed E-state index contributed by atoms with van der Waals surface area (Å²) in [5, 5.41) is 8.88. The number of H-pyrrole nitrogens is 1. The number of benzene rings is 1. The zero-order chi connectivity index (χ0) is 16.5. The average molecular weight is 323 g/mol. The van der Waals surface area contributed by atoms with Gasteiger partial charge in [0.2, 0.25) is 0 Å². The number of carbonyl (C=O) groups is 1. The molecule has 2 rings (SSSR count). The Kier molecular flexibility index (Phi) is 4.23. The predicted octanol–water partition coefficient (Wildman–Crippen LogP) is 2.34. The van der Waals surface area contributed by atoms with Crippen molar-refractivity contribution in [1.29, 1.82) is 0 Å². The first-order chi connectivity index (χ1) is 10.2. The summed E-state index contributed by atoms with van der Waals surface area (Å²) in [4.78, 5) is 17.7. The van der Waals surface area contributed by atoms with Gasteiger partial charge >= 0.3 is 5.97 Å². The summed E-state index contributed by atoms with van der Waals surface area (Å²) in [5.74, 6) is -0.397. The molecule has 1 aromatic heterocycles. The maximum Gasteiger partial charge on any atom is 0.335 e. The summed E-state index contributed by atoms with van der Waals surface area (Å²) < 4.78 is 27.0. The highest BCUT2D eigenvalue weighted by molar-refractivity contribution is 7.92. The van der Waals surface area contributed by atoms with E-state index in [1.165, 1.54) is 24.4 Å². The van der Waals surface area contributed by atoms with Crippen molar-refractivity contribution in [2.24, 2.45) is 0 Å². The zero-order valence-corrected chi connectivity index (χ0v) is 13.2. The van der Waals surface area contributed by atoms with Gasteiger partial charge in [-0.15, -0.1) is 0 Å². The molecule has 1 aromatic carbocycles. The minimum atomic E-state index is -3.80. The molecule has 0 spiro atoms. The first-order valence-electron chi connectivity index (χ1n) is 6.62. The van der Waals surface area contributed by atoms with Crippen LogP contribution >= 0.6 is 0 Å². The summed E-state index contributed by atoms with van der Waals surface area (Å²) in [6, 6.07) is 4.18. The zero-order valence-electron chi connectivity index (χ0n) is 12.4. The van der Waals surface area contributed by atoms with Gasteiger partial charge in [-0.25, -0.2) is 9.78 Å². The van der Waals surface area contributed by atoms with Crippen LogP contribution in [0.25, 0.3) is 0 Å². The molecule has 0 aliphatic rings. The molecule has 0 radical (unpaired) electrons. The highest BCUT2D eigenvalue weighted by atomic mass is 32.2. The largest absolute Gasteiger partial charge is 0.478 e. The number of imidazole rings is 1. The second-order valence-electron chi connectivity index (χ2n) is 5.23. The van der Waals surface area contributed by atoms with Gasteiger partial charge in [0.05, 0.1) is 17.4 Å². The van der Waals surface area contributed by atoms with E-state index in [0.29, 0.717) is 17.1 Å². The number of aryl methyl sites for hydroxylation is 1. The monoisotopic (exact) mass is 323 g/mol. The third kappa shape index (κ3) is 3.28. The molecule has 2 aromatic rings. The standard InChI is InChI=1S/C14H17N3O4S/c1-8(2)13-15-7-12(16-13)22(20,21)17-11-5-4-10(14(18)19)6-9(11)3/h4-8,17H,1-3H3,(H,15,16)(H,18,19). The van der Waals surface area contributed by atoms with Crippen molar-refractivity contribution < 1.29 is 18.3 Å². The number of aromatic amines is 1. The molecule has 1 heterocycles. The smallest absolute Gasteiger partial charge is 0.335 e. The number of aromatic nitrogens is 2. The number of nitrogens with zero attached hydrogens (tertiary/aromatic N) is 1. The Morgan fingerprint density at radius 3 is 2.55 bits per heavy atom. The SMILES string of the molecule is Cc1cc(C(=O)O)ccc1NS(=O)(=O)c1cnc(C(C)C)[nH]1. The van der Waals surface area contributed by atoms with Crippen LogP contribution in [0.4, 0.5) is 5.69 Å². The van der Waals surface area contributed by atoms with Crippen LogP contribution in [0.3, 0.4) is 0 Å². The second kappa shape index (κ2) is 5.80. The summed E-state index contributed by atoms with van der Waals surface area (Å²) in [7, 11) is -3.80. The molecule has 0 unspecified atom stereocenters. The minimum absolute atomic E-state index is 0.0297. The first kappa shape index (κ1) is 16.0. The van der Waals surface area contributed by atoms with E-state index in [1.807, 2.05) is 13.8 Å². The van der Waals surface area contributed by atoms with Gasteiger partial charge in [-0.2, -0.15) is 8.42 Å². The van der Waals surface area contributed by atoms with Crippen molar-refractivity contribution in [3.8, 4) is 0 Å². The number of rotatable bonds is 5. The van der Waals surface area contributed by atoms with Gasteiger partial charge in [0, 0.05) is 5.92 Å². The molecule has 0 bridgehead atoms. The van der Waals surface area contributed by atoms with E-state index in [-0.39, 0.29) is 16.5 Å². The van der Waals surface area contributed by atoms with Gasteiger partial charge in [-0.1, -0.05) is 13.8 Å². The number of aromatic carboxylic acids is 1. The summed E-state index contributed by atoms with van der Waals surface area (Å²) in [6.45, 7) is 5.44. The van der Waals surface area contributed by atoms with Gasteiger partial charge in [0.15, 0.2) is 5.03 Å². The Morgan fingerprint density at radius 1 is 1.36 bits per heavy atom. The molecule has 0 aliphatic carbocycles. The highest BCUT2D eigenvalue weighted by Gasteiger charge is 2.19. The number of nitrogens with one attached hydrogen (secondary N) is 2. The number of carboxylic acids is 1. The quantitative estimate of drug-likeness (QED) is 0.782. The average Bonchev–Trinajstić information content (AvgIpc) is 2.91. The number of sulfonamides is 1. The Labute approximate surface area is 128 Å². The van der Waals surface area contributed by atoms with E-state index in [2.05, 4.69) is 14.7 Å². The Balaban J connectivity index is 2.30. The van der Waals surface area contributed by atoms with Crippen LogP contribution in [0.15, 0.2) is 29.4 Å². The third-order valence-electron chi connectivity index (χ3n) is 3.13. The highest BCUT2D eigenvalue weighted by Crippen LogP contribution is 2.21. The van der Waals surface area contributed by atoms with Gasteiger partial charge in [-0.05, 0) is 30.7 Å². The van der Waals surface area contributed by atoms with Crippen LogP contribution in [0, 0.1) is 6.92 Å². The summed E-state index contributed by atoms with van der Waals surface area (Å²) >= 11 is 0. The number of carboxylic acid groups (broad SMARTS) is 1. The topological polar surface area (TPSA) is 112 Å². The van der Waals surface area contributed by atoms with E-state index >= 15 is 0 Å². The first-order valence-corrected chi connectivity index (χ1v) is 8.10. The van der Waals surface area contributed by atoms with Crippen LogP contribution in [-0.2, 0) is 10.0 Å². The number of hydrogen-bond donors (Lipinski definition) is 3. The van der Waals surface area contributed by atoms with E-state index in [1.54, 1.807) is 6.92 Å². The van der Waals surface area contributed by atoms with Crippen molar-refractivity contribution in [2.75, 3.05) is 4.72 Å². The van der Waals surface area contributed by atoms with Crippen molar-refractivity contribution in [3.63, 3.8) is 0 Å². The summed E-state index contributed by atoms with van der Waals surface area (Å²) in [5.41, 5.74) is 0.946. The molecule has 0 saturated carbocycles. The van der Waals surface area contributed by atoms with Crippen molar-refractivity contribution in [1.82, 2.24) is 9.97 Å². The molecular weight excluding hydrogens is 306 g/mol. The Bertz CT molecular complexity index is 809. The predicted molar refractivity (Wildman–Crippen MR) is 81.6 cm³/mol. The Morgan fingerprint density at radius 2 is 2.05 bits per heavy atom. The normalized spacial score (nSPS) is 11.6. The molecule has 0 aliphatic heterocycles. The molecule has 0 saturated heterocycles. The van der Waals surface area contributed by atoms with Gasteiger partial charge in [0.1, 0.15) is 5.82 Å². The maximum absolute atomic E-state index is 12.3. The fraction of sp³-hybridized carbons (Fsp3) is 0.286. The van der Waals surface area contributed by atoms with Gasteiger partial charge in [-0.3, -0.25) is 4.72 Å². The summed E-state index contributed by atoms with van der Waals surface area (Å²) in [6.07, 6.45) is 1.26. The van der Waals surface area contributed by atoms with Crippen LogP contribution in [-0.4, -0.2) is 29.5 Å². The molecule has 22 heavy (non-hydrogen) atoms. The van der Waals surface area contributed by atoms with Gasteiger partial charge in [0.25, 0.3) is 10.0 Å². The van der Waals surface area contributed by atoms with Crippen LogP contribution in [0.1, 0.15) is 41.5 Å². The maximum atomic E-state index is 12.3. The van der Waals surface area contributed by atoms with Gasteiger partial charge < -0.3 is 10.1 Å². The van der Waals surface area contributed by atoms with Crippen LogP contribution in [0.5, 0.6) is 0 Å². The van der Waals surface area contributed by atoms with Crippen LogP contribution < -0.4 is 4.72 Å². The lowest BCUT2D eigenvalue weighted by Crippen LogP contribution is -2.14. The van der Waals surface area contributed by atoms with E-state index in [0.717, 1.165) is 0 Å². The molecule has 0 atom stereocenters. The third-order valence-corrected chi connectivity index (χ3v) is 4.40. The number of hydrogen-bond acceptors (Lipinski definition) is 4. The lowest BCUT2D eigenvalue weighted by Gasteiger charge is -2.10. The fourth-order valence-corrected chi connectivity index (χ4v) is 2.92. The van der Waals surface area contributed by atoms with Crippen LogP contribution in [0.2, 0.25) is 0 Å². The lowest BCUT2D eigenvalue weighted by molar-refractivity contribution is 0.0697. The molecule has 0 fully saturated rings. The van der Waals surface area contributed by atoms with Crippen molar-refractivity contribution >= 4 is 21.7 Å². The molecule has 3 N–H and O–H groups in total. The molecule has 118 valence electrons. The second-order valence-corrected chi connectivity index (χ2v) is 6.88. The van der Waals surface area contributed by atoms with Crippen molar-refractivity contribution in [3.05, 3.63) is 41.3 Å². The van der Waals surface area contributed by atoms with Crippen molar-refractivity contribution in [2.45, 2.75) is 31.7 Å². The molecular formula is C14H17N3O4S. The van der Waals surface area contributed by atoms with E-state index < -0.39 is 16.0 Å². The molecule has 8 heteroatoms. The molecule has 7 nitrogen and oxygen atoms in total. The number of anilines is 1. The fourth-order valence-electron chi connectivity index (χ4n) is 1.86. The minimum Gasteiger partial charge on any atom is -0.478 e.